The molecule has 4 nitrogen and oxygen atoms in total. The maximum atomic E-state index is 12.1. The summed E-state index contributed by atoms with van der Waals surface area (Å²) in [6.07, 6.45) is 2.30. The molecular weight excluding hydrogens is 216 g/mol. The fraction of sp³-hybridized carbons (Fsp3) is 0.923. The summed E-state index contributed by atoms with van der Waals surface area (Å²) in [5.74, 6) is 0.777. The maximum absolute atomic E-state index is 12.1. The van der Waals surface area contributed by atoms with Gasteiger partial charge < -0.3 is 14.5 Å². The highest BCUT2D eigenvalue weighted by molar-refractivity contribution is 5.74. The Morgan fingerprint density at radius 1 is 1.00 bits per heavy atom. The molecule has 0 atom stereocenters. The standard InChI is InChI=1S/C11H20N2O2.C2H6/c1-10-2-4-12(5-3-10)11(14)13-6-8-15-9-7-13;1-2/h10H,2-9H2,1H3;1-2H3. The lowest BCUT2D eigenvalue weighted by atomic mass is 9.99. The number of hydrogen-bond donors (Lipinski definition) is 0. The van der Waals surface area contributed by atoms with Gasteiger partial charge in [-0.1, -0.05) is 20.8 Å². The monoisotopic (exact) mass is 242 g/mol. The van der Waals surface area contributed by atoms with Crippen molar-refractivity contribution in [3.63, 3.8) is 0 Å². The predicted molar refractivity (Wildman–Crippen MR) is 69.1 cm³/mol. The lowest BCUT2D eigenvalue weighted by molar-refractivity contribution is 0.0404. The summed E-state index contributed by atoms with van der Waals surface area (Å²) in [7, 11) is 0. The van der Waals surface area contributed by atoms with Crippen LogP contribution in [0.15, 0.2) is 0 Å². The minimum atomic E-state index is 0.213. The molecule has 0 aromatic carbocycles. The van der Waals surface area contributed by atoms with Gasteiger partial charge in [0.05, 0.1) is 13.2 Å². The van der Waals surface area contributed by atoms with E-state index in [9.17, 15) is 4.79 Å². The summed E-state index contributed by atoms with van der Waals surface area (Å²) in [5.41, 5.74) is 0. The molecule has 100 valence electrons. The van der Waals surface area contributed by atoms with Gasteiger partial charge in [-0.05, 0) is 18.8 Å². The highest BCUT2D eigenvalue weighted by Crippen LogP contribution is 2.17. The largest absolute Gasteiger partial charge is 0.378 e. The summed E-state index contributed by atoms with van der Waals surface area (Å²) >= 11 is 0. The molecule has 0 N–H and O–H groups in total. The molecule has 2 aliphatic heterocycles. The van der Waals surface area contributed by atoms with E-state index in [1.54, 1.807) is 0 Å². The van der Waals surface area contributed by atoms with E-state index in [2.05, 4.69) is 6.92 Å². The molecule has 2 fully saturated rings. The molecule has 0 aromatic heterocycles. The fourth-order valence-electron chi connectivity index (χ4n) is 2.15. The van der Waals surface area contributed by atoms with E-state index in [1.807, 2.05) is 23.6 Å². The van der Waals surface area contributed by atoms with Crippen molar-refractivity contribution in [1.82, 2.24) is 9.80 Å². The van der Waals surface area contributed by atoms with Crippen molar-refractivity contribution in [3.05, 3.63) is 0 Å². The van der Waals surface area contributed by atoms with Crippen LogP contribution in [0.25, 0.3) is 0 Å². The molecule has 0 aromatic rings. The Hall–Kier alpha value is -0.770. The van der Waals surface area contributed by atoms with Gasteiger partial charge in [0.1, 0.15) is 0 Å². The van der Waals surface area contributed by atoms with Crippen LogP contribution in [0.4, 0.5) is 4.79 Å². The Labute approximate surface area is 105 Å². The first-order valence-corrected chi connectivity index (χ1v) is 6.89. The van der Waals surface area contributed by atoms with Crippen molar-refractivity contribution in [2.24, 2.45) is 5.92 Å². The van der Waals surface area contributed by atoms with Gasteiger partial charge in [-0.25, -0.2) is 4.79 Å². The second-order valence-electron chi connectivity index (χ2n) is 4.55. The summed E-state index contributed by atoms with van der Waals surface area (Å²) in [5, 5.41) is 0. The maximum Gasteiger partial charge on any atom is 0.320 e. The van der Waals surface area contributed by atoms with E-state index in [0.29, 0.717) is 13.2 Å². The number of morpholine rings is 1. The van der Waals surface area contributed by atoms with Crippen molar-refractivity contribution in [2.75, 3.05) is 39.4 Å². The van der Waals surface area contributed by atoms with E-state index < -0.39 is 0 Å². The van der Waals surface area contributed by atoms with Crippen LogP contribution in [0.5, 0.6) is 0 Å². The quantitative estimate of drug-likeness (QED) is 0.652. The molecule has 0 aliphatic carbocycles. The van der Waals surface area contributed by atoms with Crippen LogP contribution in [0, 0.1) is 5.92 Å². The fourth-order valence-corrected chi connectivity index (χ4v) is 2.15. The number of hydrogen-bond acceptors (Lipinski definition) is 2. The minimum Gasteiger partial charge on any atom is -0.378 e. The number of amides is 2. The zero-order chi connectivity index (χ0) is 12.7. The van der Waals surface area contributed by atoms with Gasteiger partial charge in [0.25, 0.3) is 0 Å². The lowest BCUT2D eigenvalue weighted by Crippen LogP contribution is -2.50. The molecule has 0 unspecified atom stereocenters. The molecular formula is C13H26N2O2. The molecule has 2 amide bonds. The topological polar surface area (TPSA) is 32.8 Å². The average molecular weight is 242 g/mol. The van der Waals surface area contributed by atoms with E-state index in [0.717, 1.165) is 44.9 Å². The van der Waals surface area contributed by atoms with Gasteiger partial charge >= 0.3 is 6.03 Å². The second-order valence-corrected chi connectivity index (χ2v) is 4.55. The van der Waals surface area contributed by atoms with Crippen molar-refractivity contribution < 1.29 is 9.53 Å². The molecule has 2 saturated heterocycles. The number of nitrogens with zero attached hydrogens (tertiary/aromatic N) is 2. The SMILES string of the molecule is CC.CC1CCN(C(=O)N2CCOCC2)CC1. The number of likely N-dealkylation sites (tertiary alicyclic amines) is 1. The number of rotatable bonds is 0. The number of piperidine rings is 1. The molecule has 17 heavy (non-hydrogen) atoms. The Bertz CT molecular complexity index is 219. The van der Waals surface area contributed by atoms with E-state index in [-0.39, 0.29) is 6.03 Å². The molecule has 2 aliphatic rings. The zero-order valence-corrected chi connectivity index (χ0v) is 11.4. The van der Waals surface area contributed by atoms with Gasteiger partial charge in [-0.3, -0.25) is 0 Å². The van der Waals surface area contributed by atoms with Crippen LogP contribution in [0.2, 0.25) is 0 Å². The van der Waals surface area contributed by atoms with E-state index in [4.69, 9.17) is 4.74 Å². The zero-order valence-electron chi connectivity index (χ0n) is 11.4. The lowest BCUT2D eigenvalue weighted by Gasteiger charge is -2.36. The smallest absolute Gasteiger partial charge is 0.320 e. The van der Waals surface area contributed by atoms with Crippen LogP contribution >= 0.6 is 0 Å². The number of carbonyl (C=O) groups is 1. The number of ether oxygens (including phenoxy) is 1. The first-order chi connectivity index (χ1) is 8.27. The second kappa shape index (κ2) is 7.54. The third-order valence-corrected chi connectivity index (χ3v) is 3.34. The average Bonchev–Trinajstić information content (AvgIpc) is 2.42. The van der Waals surface area contributed by atoms with Crippen molar-refractivity contribution in [2.45, 2.75) is 33.6 Å². The van der Waals surface area contributed by atoms with Crippen molar-refractivity contribution in [3.8, 4) is 0 Å². The summed E-state index contributed by atoms with van der Waals surface area (Å²) in [6.45, 7) is 11.0. The van der Waals surface area contributed by atoms with E-state index in [1.165, 1.54) is 0 Å². The van der Waals surface area contributed by atoms with Crippen LogP contribution in [-0.4, -0.2) is 55.2 Å². The summed E-state index contributed by atoms with van der Waals surface area (Å²) in [6, 6.07) is 0.213. The molecule has 0 bridgehead atoms. The number of urea groups is 1. The van der Waals surface area contributed by atoms with Gasteiger partial charge in [0.15, 0.2) is 0 Å². The first-order valence-electron chi connectivity index (χ1n) is 6.89. The summed E-state index contributed by atoms with van der Waals surface area (Å²) < 4.78 is 5.24. The first kappa shape index (κ1) is 14.3. The van der Waals surface area contributed by atoms with Crippen molar-refractivity contribution in [1.29, 1.82) is 0 Å². The van der Waals surface area contributed by atoms with Crippen LogP contribution in [0.1, 0.15) is 33.6 Å². The van der Waals surface area contributed by atoms with Gasteiger partial charge in [0, 0.05) is 26.2 Å². The van der Waals surface area contributed by atoms with Crippen LogP contribution < -0.4 is 0 Å². The number of carbonyl (C=O) groups excluding carboxylic acids is 1. The Morgan fingerprint density at radius 2 is 1.47 bits per heavy atom. The minimum absolute atomic E-state index is 0.213. The summed E-state index contributed by atoms with van der Waals surface area (Å²) in [4.78, 5) is 16.0. The third-order valence-electron chi connectivity index (χ3n) is 3.34. The van der Waals surface area contributed by atoms with Crippen molar-refractivity contribution >= 4 is 6.03 Å². The molecule has 0 radical (unpaired) electrons. The Morgan fingerprint density at radius 3 is 2.00 bits per heavy atom. The van der Waals surface area contributed by atoms with Gasteiger partial charge in [-0.2, -0.15) is 0 Å². The molecule has 0 saturated carbocycles. The predicted octanol–water partition coefficient (Wildman–Crippen LogP) is 2.20. The molecule has 4 heteroatoms. The Kier molecular flexibility index (Phi) is 6.34. The van der Waals surface area contributed by atoms with Crippen LogP contribution in [0.3, 0.4) is 0 Å². The normalized spacial score (nSPS) is 21.8. The van der Waals surface area contributed by atoms with E-state index >= 15 is 0 Å². The third kappa shape index (κ3) is 4.19. The highest BCUT2D eigenvalue weighted by atomic mass is 16.5. The van der Waals surface area contributed by atoms with Crippen LogP contribution in [-0.2, 0) is 4.74 Å². The highest BCUT2D eigenvalue weighted by Gasteiger charge is 2.25. The van der Waals surface area contributed by atoms with Gasteiger partial charge in [-0.15, -0.1) is 0 Å². The molecule has 2 heterocycles. The Balaban J connectivity index is 0.000000686. The van der Waals surface area contributed by atoms with Gasteiger partial charge in [0.2, 0.25) is 0 Å². The molecule has 2 rings (SSSR count). The molecule has 0 spiro atoms.